The van der Waals surface area contributed by atoms with E-state index in [0.717, 1.165) is 6.42 Å². The average molecular weight is 178 g/mol. The molecule has 13 heavy (non-hydrogen) atoms. The number of hydrogen-bond donors (Lipinski definition) is 0. The third-order valence-electron chi connectivity index (χ3n) is 2.65. The van der Waals surface area contributed by atoms with Crippen LogP contribution in [0.3, 0.4) is 0 Å². The largest absolute Gasteiger partial charge is 0.294 e. The maximum Gasteiger partial charge on any atom is 0.163 e. The molecule has 1 aromatic carbocycles. The molecule has 0 aliphatic heterocycles. The summed E-state index contributed by atoms with van der Waals surface area (Å²) in [5.74, 6) is 0.0135. The first-order chi connectivity index (χ1) is 6.20. The van der Waals surface area contributed by atoms with Crippen molar-refractivity contribution in [2.45, 2.75) is 25.7 Å². The number of fused-ring (bicyclic) bond motifs is 1. The molecule has 0 saturated carbocycles. The summed E-state index contributed by atoms with van der Waals surface area (Å²) in [6, 6.07) is 4.74. The van der Waals surface area contributed by atoms with Gasteiger partial charge in [-0.25, -0.2) is 4.39 Å². The Hall–Kier alpha value is -1.18. The van der Waals surface area contributed by atoms with E-state index in [4.69, 9.17) is 0 Å². The molecule has 2 rings (SSSR count). The van der Waals surface area contributed by atoms with Gasteiger partial charge in [0.2, 0.25) is 0 Å². The summed E-state index contributed by atoms with van der Waals surface area (Å²) in [4.78, 5) is 11.4. The van der Waals surface area contributed by atoms with E-state index in [-0.39, 0.29) is 17.5 Å². The van der Waals surface area contributed by atoms with Crippen LogP contribution in [0, 0.1) is 5.82 Å². The Bertz CT molecular complexity index is 357. The molecule has 0 aromatic heterocycles. The Kier molecular flexibility index (Phi) is 1.91. The zero-order chi connectivity index (χ0) is 9.42. The lowest BCUT2D eigenvalue weighted by Crippen LogP contribution is -2.15. The second kappa shape index (κ2) is 2.95. The summed E-state index contributed by atoms with van der Waals surface area (Å²) in [5, 5.41) is 0. The van der Waals surface area contributed by atoms with Crippen LogP contribution in [0.4, 0.5) is 4.39 Å². The molecule has 0 saturated heterocycles. The van der Waals surface area contributed by atoms with Crippen LogP contribution in [0.5, 0.6) is 0 Å². The highest BCUT2D eigenvalue weighted by Gasteiger charge is 2.24. The molecule has 1 aliphatic carbocycles. The molecule has 1 aliphatic rings. The van der Waals surface area contributed by atoms with Gasteiger partial charge in [0, 0.05) is 17.5 Å². The Morgan fingerprint density at radius 3 is 2.92 bits per heavy atom. The molecular weight excluding hydrogens is 167 g/mol. The minimum Gasteiger partial charge on any atom is -0.294 e. The molecule has 0 radical (unpaired) electrons. The van der Waals surface area contributed by atoms with E-state index in [1.807, 2.05) is 6.92 Å². The molecule has 0 spiro atoms. The van der Waals surface area contributed by atoms with Crippen LogP contribution in [0.25, 0.3) is 0 Å². The number of carbonyl (C=O) groups is 1. The number of carbonyl (C=O) groups excluding carboxylic acids is 1. The molecule has 1 atom stereocenters. The van der Waals surface area contributed by atoms with Gasteiger partial charge in [0.1, 0.15) is 5.82 Å². The van der Waals surface area contributed by atoms with E-state index in [1.165, 1.54) is 6.07 Å². The van der Waals surface area contributed by atoms with Crippen molar-refractivity contribution >= 4 is 5.78 Å². The second-order valence-electron chi connectivity index (χ2n) is 3.56. The number of halogens is 1. The highest BCUT2D eigenvalue weighted by molar-refractivity contribution is 5.98. The summed E-state index contributed by atoms with van der Waals surface area (Å²) in [6.45, 7) is 1.97. The zero-order valence-corrected chi connectivity index (χ0v) is 7.51. The van der Waals surface area contributed by atoms with Gasteiger partial charge in [-0.3, -0.25) is 4.79 Å². The van der Waals surface area contributed by atoms with Crippen LogP contribution in [0.2, 0.25) is 0 Å². The van der Waals surface area contributed by atoms with Gasteiger partial charge in [-0.05, 0) is 18.4 Å². The third-order valence-corrected chi connectivity index (χ3v) is 2.65. The molecule has 0 amide bonds. The van der Waals surface area contributed by atoms with Crippen LogP contribution < -0.4 is 0 Å². The van der Waals surface area contributed by atoms with Gasteiger partial charge in [-0.2, -0.15) is 0 Å². The van der Waals surface area contributed by atoms with Crippen molar-refractivity contribution in [1.82, 2.24) is 0 Å². The van der Waals surface area contributed by atoms with Gasteiger partial charge in [-0.1, -0.05) is 19.1 Å². The molecule has 1 nitrogen and oxygen atoms in total. The number of benzene rings is 1. The summed E-state index contributed by atoms with van der Waals surface area (Å²) >= 11 is 0. The van der Waals surface area contributed by atoms with Gasteiger partial charge in [0.05, 0.1) is 0 Å². The molecule has 0 heterocycles. The SMILES string of the molecule is C[C@@H]1CCC(=O)c2cccc(F)c21. The Morgan fingerprint density at radius 2 is 2.23 bits per heavy atom. The average Bonchev–Trinajstić information content (AvgIpc) is 2.12. The van der Waals surface area contributed by atoms with Crippen molar-refractivity contribution in [3.8, 4) is 0 Å². The lowest BCUT2D eigenvalue weighted by molar-refractivity contribution is 0.0966. The van der Waals surface area contributed by atoms with Crippen LogP contribution in [-0.4, -0.2) is 5.78 Å². The molecule has 68 valence electrons. The zero-order valence-electron chi connectivity index (χ0n) is 7.51. The van der Waals surface area contributed by atoms with Crippen molar-refractivity contribution < 1.29 is 9.18 Å². The molecule has 0 N–H and O–H groups in total. The molecule has 0 unspecified atom stereocenters. The summed E-state index contributed by atoms with van der Waals surface area (Å²) in [5.41, 5.74) is 1.19. The maximum atomic E-state index is 13.3. The molecule has 0 bridgehead atoms. The molecule has 1 aromatic rings. The number of Topliss-reactive ketones (excluding diaryl/α,β-unsaturated/α-hetero) is 1. The first-order valence-electron chi connectivity index (χ1n) is 4.51. The summed E-state index contributed by atoms with van der Waals surface area (Å²) in [6.07, 6.45) is 1.32. The van der Waals surface area contributed by atoms with Gasteiger partial charge in [0.25, 0.3) is 0 Å². The fourth-order valence-electron chi connectivity index (χ4n) is 1.91. The predicted molar refractivity (Wildman–Crippen MR) is 48.4 cm³/mol. The molecular formula is C11H11FO. The van der Waals surface area contributed by atoms with Crippen LogP contribution in [0.1, 0.15) is 41.6 Å². The van der Waals surface area contributed by atoms with Crippen LogP contribution in [0.15, 0.2) is 18.2 Å². The van der Waals surface area contributed by atoms with E-state index in [0.29, 0.717) is 17.5 Å². The lowest BCUT2D eigenvalue weighted by Gasteiger charge is -2.21. The van der Waals surface area contributed by atoms with Crippen molar-refractivity contribution in [1.29, 1.82) is 0 Å². The Morgan fingerprint density at radius 1 is 1.46 bits per heavy atom. The minimum atomic E-state index is -0.238. The second-order valence-corrected chi connectivity index (χ2v) is 3.56. The number of rotatable bonds is 0. The van der Waals surface area contributed by atoms with E-state index in [1.54, 1.807) is 12.1 Å². The number of ketones is 1. The highest BCUT2D eigenvalue weighted by Crippen LogP contribution is 2.32. The molecule has 2 heteroatoms. The minimum absolute atomic E-state index is 0.0765. The quantitative estimate of drug-likeness (QED) is 0.597. The summed E-state index contributed by atoms with van der Waals surface area (Å²) in [7, 11) is 0. The van der Waals surface area contributed by atoms with E-state index in [9.17, 15) is 9.18 Å². The predicted octanol–water partition coefficient (Wildman–Crippen LogP) is 2.91. The van der Waals surface area contributed by atoms with Gasteiger partial charge in [-0.15, -0.1) is 0 Å². The van der Waals surface area contributed by atoms with Gasteiger partial charge < -0.3 is 0 Å². The Balaban J connectivity index is 2.63. The summed E-state index contributed by atoms with van der Waals surface area (Å²) < 4.78 is 13.3. The molecule has 0 fully saturated rings. The van der Waals surface area contributed by atoms with E-state index in [2.05, 4.69) is 0 Å². The van der Waals surface area contributed by atoms with Crippen LogP contribution >= 0.6 is 0 Å². The van der Waals surface area contributed by atoms with Crippen molar-refractivity contribution in [2.24, 2.45) is 0 Å². The van der Waals surface area contributed by atoms with Crippen molar-refractivity contribution in [3.63, 3.8) is 0 Å². The standard InChI is InChI=1S/C11H11FO/c1-7-5-6-10(13)8-3-2-4-9(12)11(7)8/h2-4,7H,5-6H2,1H3/t7-/m1/s1. The monoisotopic (exact) mass is 178 g/mol. The normalized spacial score (nSPS) is 21.4. The first-order valence-corrected chi connectivity index (χ1v) is 4.51. The van der Waals surface area contributed by atoms with Crippen molar-refractivity contribution in [3.05, 3.63) is 35.1 Å². The lowest BCUT2D eigenvalue weighted by atomic mass is 9.83. The Labute approximate surface area is 76.6 Å². The highest BCUT2D eigenvalue weighted by atomic mass is 19.1. The topological polar surface area (TPSA) is 17.1 Å². The van der Waals surface area contributed by atoms with Gasteiger partial charge in [0.15, 0.2) is 5.78 Å². The van der Waals surface area contributed by atoms with Crippen molar-refractivity contribution in [2.75, 3.05) is 0 Å². The first kappa shape index (κ1) is 8.42. The van der Waals surface area contributed by atoms with Crippen LogP contribution in [-0.2, 0) is 0 Å². The fraction of sp³-hybridized carbons (Fsp3) is 0.364. The van der Waals surface area contributed by atoms with E-state index < -0.39 is 0 Å². The smallest absolute Gasteiger partial charge is 0.163 e. The van der Waals surface area contributed by atoms with E-state index >= 15 is 0 Å². The third kappa shape index (κ3) is 1.26. The fourth-order valence-corrected chi connectivity index (χ4v) is 1.91. The number of hydrogen-bond acceptors (Lipinski definition) is 1. The van der Waals surface area contributed by atoms with Gasteiger partial charge >= 0.3 is 0 Å². The maximum absolute atomic E-state index is 13.3.